The highest BCUT2D eigenvalue weighted by molar-refractivity contribution is 6.30. The summed E-state index contributed by atoms with van der Waals surface area (Å²) < 4.78 is 1.73. The molecule has 26 heavy (non-hydrogen) atoms. The van der Waals surface area contributed by atoms with E-state index in [1.807, 2.05) is 48.5 Å². The fourth-order valence-corrected chi connectivity index (χ4v) is 4.11. The standard InChI is InChI=1S/C21H22ClN3O/c1-14-11-15(2)13-24(12-14)21-23-19-6-4-3-5-18(19)20(26)25(21)17-9-7-16(22)8-10-17/h3-10,14-15H,11-13H2,1-2H3/t14-,15-/m0/s1. The average Bonchev–Trinajstić information content (AvgIpc) is 2.62. The van der Waals surface area contributed by atoms with Crippen LogP contribution in [0.3, 0.4) is 0 Å². The molecule has 0 amide bonds. The molecule has 0 N–H and O–H groups in total. The molecular weight excluding hydrogens is 346 g/mol. The quantitative estimate of drug-likeness (QED) is 0.668. The van der Waals surface area contributed by atoms with Crippen LogP contribution in [0.25, 0.3) is 16.6 Å². The number of para-hydroxylation sites is 1. The van der Waals surface area contributed by atoms with Crippen LogP contribution < -0.4 is 10.5 Å². The Kier molecular flexibility index (Phi) is 4.45. The Morgan fingerprint density at radius 3 is 2.35 bits per heavy atom. The first-order chi connectivity index (χ1) is 12.5. The lowest BCUT2D eigenvalue weighted by atomic mass is 9.92. The lowest BCUT2D eigenvalue weighted by Gasteiger charge is -2.36. The van der Waals surface area contributed by atoms with E-state index in [0.29, 0.717) is 22.2 Å². The highest BCUT2D eigenvalue weighted by Gasteiger charge is 2.26. The number of hydrogen-bond acceptors (Lipinski definition) is 3. The third kappa shape index (κ3) is 3.10. The summed E-state index contributed by atoms with van der Waals surface area (Å²) in [5.74, 6) is 1.86. The number of aromatic nitrogens is 2. The van der Waals surface area contributed by atoms with Gasteiger partial charge in [-0.05, 0) is 54.7 Å². The Morgan fingerprint density at radius 1 is 1.00 bits per heavy atom. The number of hydrogen-bond donors (Lipinski definition) is 0. The molecule has 0 saturated carbocycles. The summed E-state index contributed by atoms with van der Waals surface area (Å²) in [5, 5.41) is 1.28. The van der Waals surface area contributed by atoms with Crippen molar-refractivity contribution in [2.24, 2.45) is 11.8 Å². The summed E-state index contributed by atoms with van der Waals surface area (Å²) in [7, 11) is 0. The molecule has 0 unspecified atom stereocenters. The van der Waals surface area contributed by atoms with Crippen LogP contribution in [0, 0.1) is 11.8 Å². The summed E-state index contributed by atoms with van der Waals surface area (Å²) in [6.45, 7) is 6.33. The topological polar surface area (TPSA) is 38.1 Å². The molecule has 1 saturated heterocycles. The molecule has 0 radical (unpaired) electrons. The lowest BCUT2D eigenvalue weighted by molar-refractivity contribution is 0.352. The average molecular weight is 368 g/mol. The maximum atomic E-state index is 13.3. The number of rotatable bonds is 2. The zero-order chi connectivity index (χ0) is 18.3. The monoisotopic (exact) mass is 367 g/mol. The van der Waals surface area contributed by atoms with Gasteiger partial charge in [0.1, 0.15) is 0 Å². The van der Waals surface area contributed by atoms with Gasteiger partial charge in [0.2, 0.25) is 5.95 Å². The fraction of sp³-hybridized carbons (Fsp3) is 0.333. The largest absolute Gasteiger partial charge is 0.341 e. The van der Waals surface area contributed by atoms with E-state index in [4.69, 9.17) is 16.6 Å². The Morgan fingerprint density at radius 2 is 1.65 bits per heavy atom. The molecule has 2 aromatic carbocycles. The SMILES string of the molecule is C[C@H]1C[C@H](C)CN(c2nc3ccccc3c(=O)n2-c2ccc(Cl)cc2)C1. The maximum absolute atomic E-state index is 13.3. The summed E-state index contributed by atoms with van der Waals surface area (Å²) in [5.41, 5.74) is 1.49. The van der Waals surface area contributed by atoms with E-state index in [0.717, 1.165) is 30.2 Å². The van der Waals surface area contributed by atoms with E-state index in [9.17, 15) is 4.79 Å². The molecule has 2 atom stereocenters. The van der Waals surface area contributed by atoms with Crippen molar-refractivity contribution in [1.29, 1.82) is 0 Å². The summed E-state index contributed by atoms with van der Waals surface area (Å²) in [6.07, 6.45) is 1.20. The second-order valence-electron chi connectivity index (χ2n) is 7.40. The predicted octanol–water partition coefficient (Wildman–Crippen LogP) is 4.52. The van der Waals surface area contributed by atoms with Crippen LogP contribution in [0.1, 0.15) is 20.3 Å². The van der Waals surface area contributed by atoms with Crippen LogP contribution >= 0.6 is 11.6 Å². The number of piperidine rings is 1. The number of fused-ring (bicyclic) bond motifs is 1. The molecule has 2 heterocycles. The molecule has 1 fully saturated rings. The third-order valence-electron chi connectivity index (χ3n) is 4.99. The van der Waals surface area contributed by atoms with Crippen LogP contribution in [0.2, 0.25) is 5.02 Å². The molecular formula is C21H22ClN3O. The minimum atomic E-state index is -0.0428. The van der Waals surface area contributed by atoms with Crippen LogP contribution in [0.15, 0.2) is 53.3 Å². The van der Waals surface area contributed by atoms with Crippen LogP contribution in [0.5, 0.6) is 0 Å². The molecule has 134 valence electrons. The van der Waals surface area contributed by atoms with Gasteiger partial charge in [-0.1, -0.05) is 37.6 Å². The van der Waals surface area contributed by atoms with Crippen molar-refractivity contribution in [2.75, 3.05) is 18.0 Å². The van der Waals surface area contributed by atoms with Gasteiger partial charge in [-0.2, -0.15) is 0 Å². The third-order valence-corrected chi connectivity index (χ3v) is 5.25. The van der Waals surface area contributed by atoms with E-state index in [2.05, 4.69) is 18.7 Å². The first-order valence-corrected chi connectivity index (χ1v) is 9.43. The normalized spacial score (nSPS) is 20.5. The molecule has 3 aromatic rings. The van der Waals surface area contributed by atoms with Crippen molar-refractivity contribution in [1.82, 2.24) is 9.55 Å². The summed E-state index contributed by atoms with van der Waals surface area (Å²) in [4.78, 5) is 20.4. The van der Waals surface area contributed by atoms with Gasteiger partial charge in [-0.3, -0.25) is 4.79 Å². The van der Waals surface area contributed by atoms with Crippen LogP contribution in [-0.4, -0.2) is 22.6 Å². The number of halogens is 1. The molecule has 0 spiro atoms. The van der Waals surface area contributed by atoms with E-state index in [1.54, 1.807) is 4.57 Å². The zero-order valence-corrected chi connectivity index (χ0v) is 15.8. The molecule has 5 heteroatoms. The van der Waals surface area contributed by atoms with Crippen LogP contribution in [-0.2, 0) is 0 Å². The minimum Gasteiger partial charge on any atom is -0.341 e. The Bertz CT molecular complexity index is 986. The molecule has 4 rings (SSSR count). The van der Waals surface area contributed by atoms with Gasteiger partial charge in [0.05, 0.1) is 16.6 Å². The molecule has 1 aliphatic rings. The summed E-state index contributed by atoms with van der Waals surface area (Å²) in [6, 6.07) is 14.9. The van der Waals surface area contributed by atoms with Gasteiger partial charge in [0.25, 0.3) is 5.56 Å². The van der Waals surface area contributed by atoms with E-state index >= 15 is 0 Å². The van der Waals surface area contributed by atoms with Gasteiger partial charge in [0, 0.05) is 18.1 Å². The van der Waals surface area contributed by atoms with Crippen molar-refractivity contribution in [2.45, 2.75) is 20.3 Å². The van der Waals surface area contributed by atoms with E-state index in [-0.39, 0.29) is 5.56 Å². The van der Waals surface area contributed by atoms with Crippen molar-refractivity contribution < 1.29 is 0 Å². The van der Waals surface area contributed by atoms with Gasteiger partial charge in [-0.15, -0.1) is 0 Å². The first-order valence-electron chi connectivity index (χ1n) is 9.05. The van der Waals surface area contributed by atoms with Crippen molar-refractivity contribution >= 4 is 28.5 Å². The Balaban J connectivity index is 1.96. The summed E-state index contributed by atoms with van der Waals surface area (Å²) >= 11 is 6.05. The number of nitrogens with zero attached hydrogens (tertiary/aromatic N) is 3. The second-order valence-corrected chi connectivity index (χ2v) is 7.83. The highest BCUT2D eigenvalue weighted by atomic mass is 35.5. The minimum absolute atomic E-state index is 0.0428. The zero-order valence-electron chi connectivity index (χ0n) is 15.0. The van der Waals surface area contributed by atoms with Gasteiger partial charge < -0.3 is 4.90 Å². The van der Waals surface area contributed by atoms with Gasteiger partial charge >= 0.3 is 0 Å². The van der Waals surface area contributed by atoms with Crippen LogP contribution in [0.4, 0.5) is 5.95 Å². The van der Waals surface area contributed by atoms with E-state index in [1.165, 1.54) is 6.42 Å². The molecule has 0 bridgehead atoms. The lowest BCUT2D eigenvalue weighted by Crippen LogP contribution is -2.42. The fourth-order valence-electron chi connectivity index (χ4n) is 3.98. The molecule has 1 aromatic heterocycles. The molecule has 4 nitrogen and oxygen atoms in total. The van der Waals surface area contributed by atoms with Crippen molar-refractivity contribution in [3.05, 3.63) is 63.9 Å². The maximum Gasteiger partial charge on any atom is 0.267 e. The van der Waals surface area contributed by atoms with Gasteiger partial charge in [-0.25, -0.2) is 9.55 Å². The predicted molar refractivity (Wildman–Crippen MR) is 108 cm³/mol. The Hall–Kier alpha value is -2.33. The molecule has 0 aliphatic carbocycles. The van der Waals surface area contributed by atoms with Crippen molar-refractivity contribution in [3.63, 3.8) is 0 Å². The Labute approximate surface area is 158 Å². The molecule has 1 aliphatic heterocycles. The highest BCUT2D eigenvalue weighted by Crippen LogP contribution is 2.27. The number of benzene rings is 2. The number of anilines is 1. The van der Waals surface area contributed by atoms with Gasteiger partial charge in [0.15, 0.2) is 0 Å². The second kappa shape index (κ2) is 6.76. The van der Waals surface area contributed by atoms with E-state index < -0.39 is 0 Å². The van der Waals surface area contributed by atoms with Crippen molar-refractivity contribution in [3.8, 4) is 5.69 Å². The first kappa shape index (κ1) is 17.1. The smallest absolute Gasteiger partial charge is 0.267 e.